The lowest BCUT2D eigenvalue weighted by molar-refractivity contribution is 0.531. The van der Waals surface area contributed by atoms with E-state index in [4.69, 9.17) is 8.83 Å². The van der Waals surface area contributed by atoms with Gasteiger partial charge in [0.25, 0.3) is 5.89 Å². The van der Waals surface area contributed by atoms with Crippen molar-refractivity contribution in [3.63, 3.8) is 0 Å². The Kier molecular flexibility index (Phi) is 2.94. The van der Waals surface area contributed by atoms with Crippen molar-refractivity contribution in [1.29, 1.82) is 0 Å². The van der Waals surface area contributed by atoms with Gasteiger partial charge < -0.3 is 8.83 Å². The molecule has 3 aromatic heterocycles. The Morgan fingerprint density at radius 2 is 1.87 bits per heavy atom. The van der Waals surface area contributed by atoms with E-state index in [1.165, 1.54) is 6.26 Å². The molecule has 0 radical (unpaired) electrons. The highest BCUT2D eigenvalue weighted by Gasteiger charge is 2.16. The Labute approximate surface area is 128 Å². The van der Waals surface area contributed by atoms with Crippen LogP contribution in [0.3, 0.4) is 0 Å². The molecular weight excluding hydrogens is 304 g/mol. The number of rotatable bonds is 2. The van der Waals surface area contributed by atoms with Gasteiger partial charge in [-0.25, -0.2) is 13.8 Å². The second-order valence-corrected chi connectivity index (χ2v) is 4.94. The lowest BCUT2D eigenvalue weighted by atomic mass is 10.1. The largest absolute Gasteiger partial charge is 0.462 e. The molecule has 7 heteroatoms. The van der Waals surface area contributed by atoms with Crippen molar-refractivity contribution in [2.45, 2.75) is 6.92 Å². The quantitative estimate of drug-likeness (QED) is 0.556. The number of benzene rings is 1. The summed E-state index contributed by atoms with van der Waals surface area (Å²) in [5, 5.41) is 7.64. The van der Waals surface area contributed by atoms with E-state index in [9.17, 15) is 8.78 Å². The summed E-state index contributed by atoms with van der Waals surface area (Å²) in [4.78, 5) is 4.39. The van der Waals surface area contributed by atoms with Crippen LogP contribution in [0.1, 0.15) is 5.89 Å². The van der Waals surface area contributed by atoms with Gasteiger partial charge in [-0.05, 0) is 30.3 Å². The molecule has 0 fully saturated rings. The Morgan fingerprint density at radius 3 is 2.65 bits per heavy atom. The van der Waals surface area contributed by atoms with Gasteiger partial charge in [-0.3, -0.25) is 0 Å². The summed E-state index contributed by atoms with van der Waals surface area (Å²) in [6.07, 6.45) is 1.35. The number of halogens is 2. The lowest BCUT2D eigenvalue weighted by Gasteiger charge is -2.01. The molecule has 3 heterocycles. The SMILES string of the molecule is Cc1nnc(-c2ccc3occ(-c4cc(F)ccc4F)c3n2)o1. The summed E-state index contributed by atoms with van der Waals surface area (Å²) in [5.74, 6) is -0.448. The molecule has 0 aliphatic heterocycles. The first-order chi connectivity index (χ1) is 11.1. The van der Waals surface area contributed by atoms with Gasteiger partial charge in [-0.1, -0.05) is 0 Å². The van der Waals surface area contributed by atoms with E-state index in [2.05, 4.69) is 15.2 Å². The monoisotopic (exact) mass is 313 g/mol. The van der Waals surface area contributed by atoms with E-state index in [1.54, 1.807) is 19.1 Å². The van der Waals surface area contributed by atoms with Crippen LogP contribution < -0.4 is 0 Å². The van der Waals surface area contributed by atoms with Gasteiger partial charge in [-0.15, -0.1) is 10.2 Å². The van der Waals surface area contributed by atoms with Gasteiger partial charge in [0.2, 0.25) is 5.89 Å². The molecule has 0 aliphatic carbocycles. The normalized spacial score (nSPS) is 11.3. The second-order valence-electron chi connectivity index (χ2n) is 4.94. The van der Waals surface area contributed by atoms with Crippen molar-refractivity contribution in [2.24, 2.45) is 0 Å². The van der Waals surface area contributed by atoms with Gasteiger partial charge in [0.15, 0.2) is 5.58 Å². The molecule has 1 aromatic carbocycles. The molecule has 0 aliphatic rings. The van der Waals surface area contributed by atoms with Crippen LogP contribution in [0.5, 0.6) is 0 Å². The third-order valence-electron chi connectivity index (χ3n) is 3.38. The van der Waals surface area contributed by atoms with Crippen molar-refractivity contribution in [1.82, 2.24) is 15.2 Å². The van der Waals surface area contributed by atoms with Crippen molar-refractivity contribution < 1.29 is 17.6 Å². The number of furan rings is 1. The predicted octanol–water partition coefficient (Wildman–Crippen LogP) is 4.13. The molecule has 5 nitrogen and oxygen atoms in total. The average molecular weight is 313 g/mol. The van der Waals surface area contributed by atoms with E-state index in [-0.39, 0.29) is 11.5 Å². The van der Waals surface area contributed by atoms with E-state index >= 15 is 0 Å². The van der Waals surface area contributed by atoms with Gasteiger partial charge in [-0.2, -0.15) is 0 Å². The van der Waals surface area contributed by atoms with Crippen molar-refractivity contribution in [3.8, 4) is 22.7 Å². The van der Waals surface area contributed by atoms with Gasteiger partial charge >= 0.3 is 0 Å². The first kappa shape index (κ1) is 13.6. The summed E-state index contributed by atoms with van der Waals surface area (Å²) in [5.41, 5.74) is 1.70. The zero-order valence-electron chi connectivity index (χ0n) is 11.9. The minimum atomic E-state index is -0.560. The molecule has 0 saturated heterocycles. The topological polar surface area (TPSA) is 65.0 Å². The summed E-state index contributed by atoms with van der Waals surface area (Å²) in [6.45, 7) is 1.67. The van der Waals surface area contributed by atoms with Gasteiger partial charge in [0.05, 0.1) is 0 Å². The molecule has 0 saturated carbocycles. The first-order valence-corrected chi connectivity index (χ1v) is 6.76. The fourth-order valence-electron chi connectivity index (χ4n) is 2.33. The molecular formula is C16H9F2N3O2. The molecule has 0 atom stereocenters. The van der Waals surface area contributed by atoms with Crippen LogP contribution in [0, 0.1) is 18.6 Å². The van der Waals surface area contributed by atoms with E-state index in [0.29, 0.717) is 28.2 Å². The van der Waals surface area contributed by atoms with E-state index in [1.807, 2.05) is 0 Å². The standard InChI is InChI=1S/C16H9F2N3O2/c1-8-20-21-16(23-8)13-4-5-14-15(19-13)11(7-22-14)10-6-9(17)2-3-12(10)18/h2-7H,1H3. The van der Waals surface area contributed by atoms with Crippen LogP contribution in [0.25, 0.3) is 33.8 Å². The van der Waals surface area contributed by atoms with Crippen LogP contribution in [0.2, 0.25) is 0 Å². The van der Waals surface area contributed by atoms with Crippen LogP contribution >= 0.6 is 0 Å². The third-order valence-corrected chi connectivity index (χ3v) is 3.38. The first-order valence-electron chi connectivity index (χ1n) is 6.76. The average Bonchev–Trinajstić information content (AvgIpc) is 3.15. The third kappa shape index (κ3) is 2.26. The zero-order chi connectivity index (χ0) is 16.0. The number of fused-ring (bicyclic) bond motifs is 1. The van der Waals surface area contributed by atoms with Gasteiger partial charge in [0, 0.05) is 18.1 Å². The highest BCUT2D eigenvalue weighted by Crippen LogP contribution is 2.32. The smallest absolute Gasteiger partial charge is 0.266 e. The highest BCUT2D eigenvalue weighted by atomic mass is 19.1. The lowest BCUT2D eigenvalue weighted by Crippen LogP contribution is -1.88. The minimum absolute atomic E-state index is 0.0788. The van der Waals surface area contributed by atoms with Crippen LogP contribution in [0.15, 0.2) is 45.4 Å². The van der Waals surface area contributed by atoms with Crippen molar-refractivity contribution in [3.05, 3.63) is 54.1 Å². The maximum Gasteiger partial charge on any atom is 0.266 e. The fourth-order valence-corrected chi connectivity index (χ4v) is 2.33. The Morgan fingerprint density at radius 1 is 1.00 bits per heavy atom. The molecule has 0 N–H and O–H groups in total. The molecule has 0 spiro atoms. The Balaban J connectivity index is 1.93. The van der Waals surface area contributed by atoms with Gasteiger partial charge in [0.1, 0.15) is 29.1 Å². The number of aryl methyl sites for hydroxylation is 1. The van der Waals surface area contributed by atoms with Crippen LogP contribution in [0.4, 0.5) is 8.78 Å². The maximum atomic E-state index is 14.0. The molecule has 0 amide bonds. The number of hydrogen-bond acceptors (Lipinski definition) is 5. The summed E-state index contributed by atoms with van der Waals surface area (Å²) in [6, 6.07) is 6.54. The molecule has 23 heavy (non-hydrogen) atoms. The fraction of sp³-hybridized carbons (Fsp3) is 0.0625. The number of aromatic nitrogens is 3. The Bertz CT molecular complexity index is 1020. The number of pyridine rings is 1. The minimum Gasteiger partial charge on any atom is -0.462 e. The van der Waals surface area contributed by atoms with E-state index in [0.717, 1.165) is 18.2 Å². The summed E-state index contributed by atoms with van der Waals surface area (Å²) in [7, 11) is 0. The van der Waals surface area contributed by atoms with Crippen LogP contribution in [-0.4, -0.2) is 15.2 Å². The molecule has 0 bridgehead atoms. The predicted molar refractivity (Wildman–Crippen MR) is 77.4 cm³/mol. The Hall–Kier alpha value is -3.09. The molecule has 4 aromatic rings. The number of hydrogen-bond donors (Lipinski definition) is 0. The van der Waals surface area contributed by atoms with E-state index < -0.39 is 11.6 Å². The second kappa shape index (κ2) is 4.98. The van der Waals surface area contributed by atoms with Crippen LogP contribution in [-0.2, 0) is 0 Å². The molecule has 4 rings (SSSR count). The van der Waals surface area contributed by atoms with Crippen molar-refractivity contribution in [2.75, 3.05) is 0 Å². The summed E-state index contributed by atoms with van der Waals surface area (Å²) < 4.78 is 38.2. The molecule has 0 unspecified atom stereocenters. The highest BCUT2D eigenvalue weighted by molar-refractivity contribution is 5.91. The zero-order valence-corrected chi connectivity index (χ0v) is 11.9. The maximum absolute atomic E-state index is 14.0. The van der Waals surface area contributed by atoms with Crippen molar-refractivity contribution >= 4 is 11.1 Å². The molecule has 114 valence electrons. The number of nitrogens with zero attached hydrogens (tertiary/aromatic N) is 3. The summed E-state index contributed by atoms with van der Waals surface area (Å²) >= 11 is 0.